The van der Waals surface area contributed by atoms with E-state index in [1.807, 2.05) is 0 Å². The molecule has 262 valence electrons. The van der Waals surface area contributed by atoms with E-state index in [2.05, 4.69) is 187 Å². The third-order valence-electron chi connectivity index (χ3n) is 10.9. The van der Waals surface area contributed by atoms with E-state index < -0.39 is 5.41 Å². The molecule has 3 aliphatic rings. The van der Waals surface area contributed by atoms with Gasteiger partial charge >= 0.3 is 0 Å². The first-order chi connectivity index (χ1) is 26.6. The van der Waals surface area contributed by atoms with Gasteiger partial charge in [-0.2, -0.15) is 0 Å². The Morgan fingerprint density at radius 3 is 2.41 bits per heavy atom. The van der Waals surface area contributed by atoms with Gasteiger partial charge in [0.05, 0.1) is 27.8 Å². The second kappa shape index (κ2) is 14.2. The van der Waals surface area contributed by atoms with Gasteiger partial charge in [0.25, 0.3) is 0 Å². The zero-order valence-electron chi connectivity index (χ0n) is 30.4. The molecular weight excluding hydrogens is 659 g/mol. The fourth-order valence-electron chi connectivity index (χ4n) is 8.27. The van der Waals surface area contributed by atoms with Gasteiger partial charge in [-0.05, 0) is 68.3 Å². The molecule has 5 nitrogen and oxygen atoms in total. The van der Waals surface area contributed by atoms with Crippen molar-refractivity contribution < 1.29 is 0 Å². The van der Waals surface area contributed by atoms with Crippen molar-refractivity contribution in [1.82, 2.24) is 4.57 Å². The number of fused-ring (bicyclic) bond motifs is 5. The van der Waals surface area contributed by atoms with Gasteiger partial charge in [-0.1, -0.05) is 140 Å². The minimum absolute atomic E-state index is 0.312. The number of hydrogen-bond acceptors (Lipinski definition) is 2. The molecule has 0 radical (unpaired) electrons. The molecule has 0 fully saturated rings. The first-order valence-electron chi connectivity index (χ1n) is 18.8. The second-order valence-corrected chi connectivity index (χ2v) is 14.3. The third kappa shape index (κ3) is 5.82. The lowest BCUT2D eigenvalue weighted by atomic mass is 9.71. The summed E-state index contributed by atoms with van der Waals surface area (Å²) in [6.45, 7) is 6.88. The topological polar surface area (TPSA) is 54.4 Å². The summed E-state index contributed by atoms with van der Waals surface area (Å²) in [7, 11) is 0. The summed E-state index contributed by atoms with van der Waals surface area (Å²) in [5.74, 6) is 1.55. The molecule has 9 rings (SSSR count). The molecule has 54 heavy (non-hydrogen) atoms. The van der Waals surface area contributed by atoms with Gasteiger partial charge in [-0.25, -0.2) is 9.98 Å². The summed E-state index contributed by atoms with van der Waals surface area (Å²) in [5, 5.41) is 2.39. The predicted molar refractivity (Wildman–Crippen MR) is 228 cm³/mol. The molecule has 2 heterocycles. The minimum Gasteiger partial charge on any atom is -0.309 e. The molecule has 0 N–H and O–H groups in total. The van der Waals surface area contributed by atoms with E-state index in [0.29, 0.717) is 24.1 Å². The number of benzene rings is 5. The number of allylic oxidation sites excluding steroid dienone is 5. The maximum atomic E-state index is 5.44. The van der Waals surface area contributed by atoms with Crippen LogP contribution in [0.25, 0.3) is 27.5 Å². The highest BCUT2D eigenvalue weighted by molar-refractivity contribution is 6.20. The SMILES string of the molecule is C=NC(=NC(=NCC1C=CC=CC1)c1cccc(-n2c3ccccc3c3ccc4c(c32)C(C)(c2ccccc2)C(c2ccccc2)=N4)c1)C1=CCCC=C1. The van der Waals surface area contributed by atoms with Crippen LogP contribution in [0.15, 0.2) is 189 Å². The maximum absolute atomic E-state index is 5.44. The van der Waals surface area contributed by atoms with Crippen molar-refractivity contribution in [3.05, 3.63) is 192 Å². The highest BCUT2D eigenvalue weighted by atomic mass is 15.0. The molecule has 0 amide bonds. The second-order valence-electron chi connectivity index (χ2n) is 14.3. The first kappa shape index (κ1) is 33.4. The fourth-order valence-corrected chi connectivity index (χ4v) is 8.27. The van der Waals surface area contributed by atoms with Gasteiger partial charge in [-0.3, -0.25) is 9.98 Å². The van der Waals surface area contributed by atoms with Gasteiger partial charge in [0.1, 0.15) is 0 Å². The summed E-state index contributed by atoms with van der Waals surface area (Å²) < 4.78 is 2.42. The molecule has 0 saturated heterocycles. The number of hydrogen-bond donors (Lipinski definition) is 0. The molecule has 0 bridgehead atoms. The van der Waals surface area contributed by atoms with Crippen LogP contribution in [0.3, 0.4) is 0 Å². The Balaban J connectivity index is 1.27. The van der Waals surface area contributed by atoms with Crippen LogP contribution in [-0.2, 0) is 5.41 Å². The molecule has 2 aliphatic carbocycles. The van der Waals surface area contributed by atoms with Gasteiger partial charge < -0.3 is 4.57 Å². The standard InChI is InChI=1S/C49H41N5/c1-49(38-25-13-6-14-26-38)44-42(52-46(49)35-20-9-4-10-21-35)31-30-41-40-28-15-16-29-43(40)54(45(41)44)39-27-17-24-37(32-39)48(51-33-34-18-7-3-8-19-34)53-47(50-2)36-22-11-5-12-23-36/h3-4,6-11,13-18,20-32,34H,2,5,12,19,33H2,1H3. The lowest BCUT2D eigenvalue weighted by Gasteiger charge is -2.30. The molecular formula is C49H41N5. The highest BCUT2D eigenvalue weighted by Gasteiger charge is 2.44. The van der Waals surface area contributed by atoms with Gasteiger partial charge in [0, 0.05) is 45.6 Å². The van der Waals surface area contributed by atoms with E-state index in [0.717, 1.165) is 64.1 Å². The van der Waals surface area contributed by atoms with Crippen molar-refractivity contribution in [3.8, 4) is 5.69 Å². The van der Waals surface area contributed by atoms with Crippen LogP contribution < -0.4 is 0 Å². The van der Waals surface area contributed by atoms with Crippen LogP contribution in [0.2, 0.25) is 0 Å². The average Bonchev–Trinajstić information content (AvgIpc) is 3.75. The largest absolute Gasteiger partial charge is 0.309 e. The lowest BCUT2D eigenvalue weighted by Crippen LogP contribution is -2.32. The normalized spacial score (nSPS) is 19.6. The van der Waals surface area contributed by atoms with Crippen molar-refractivity contribution in [2.45, 2.75) is 31.6 Å². The number of nitrogens with zero attached hydrogens (tertiary/aromatic N) is 5. The van der Waals surface area contributed by atoms with Crippen LogP contribution >= 0.6 is 0 Å². The van der Waals surface area contributed by atoms with Gasteiger partial charge in [-0.15, -0.1) is 0 Å². The van der Waals surface area contributed by atoms with Gasteiger partial charge in [0.2, 0.25) is 0 Å². The Labute approximate surface area is 316 Å². The quantitative estimate of drug-likeness (QED) is 0.118. The Morgan fingerprint density at radius 1 is 0.815 bits per heavy atom. The fraction of sp³-hybridized carbons (Fsp3) is 0.143. The van der Waals surface area contributed by atoms with Crippen LogP contribution in [-0.4, -0.2) is 35.2 Å². The Hall–Kier alpha value is -6.46. The van der Waals surface area contributed by atoms with Crippen LogP contribution in [0.5, 0.6) is 0 Å². The van der Waals surface area contributed by atoms with E-state index in [4.69, 9.17) is 15.0 Å². The summed E-state index contributed by atoms with van der Waals surface area (Å²) in [6, 6.07) is 43.2. The van der Waals surface area contributed by atoms with Crippen LogP contribution in [0.4, 0.5) is 5.69 Å². The molecule has 1 aliphatic heterocycles. The number of aromatic nitrogens is 1. The molecule has 2 unspecified atom stereocenters. The maximum Gasteiger partial charge on any atom is 0.160 e. The smallest absolute Gasteiger partial charge is 0.160 e. The molecule has 5 heteroatoms. The molecule has 0 saturated carbocycles. The number of aliphatic imine (C=N–C) groups is 4. The summed E-state index contributed by atoms with van der Waals surface area (Å²) in [6.07, 6.45) is 18.0. The Bertz CT molecular complexity index is 2630. The van der Waals surface area contributed by atoms with E-state index in [-0.39, 0.29) is 0 Å². The predicted octanol–water partition coefficient (Wildman–Crippen LogP) is 11.5. The number of amidine groups is 2. The summed E-state index contributed by atoms with van der Waals surface area (Å²) in [4.78, 5) is 20.2. The van der Waals surface area contributed by atoms with E-state index in [1.54, 1.807) is 0 Å². The highest BCUT2D eigenvalue weighted by Crippen LogP contribution is 2.51. The van der Waals surface area contributed by atoms with Crippen molar-refractivity contribution in [1.29, 1.82) is 0 Å². The molecule has 2 atom stereocenters. The Morgan fingerprint density at radius 2 is 1.63 bits per heavy atom. The molecule has 0 spiro atoms. The number of para-hydroxylation sites is 1. The lowest BCUT2D eigenvalue weighted by molar-refractivity contribution is 0.670. The zero-order chi connectivity index (χ0) is 36.5. The Kier molecular flexibility index (Phi) is 8.76. The van der Waals surface area contributed by atoms with Crippen LogP contribution in [0, 0.1) is 5.92 Å². The number of rotatable bonds is 7. The summed E-state index contributed by atoms with van der Waals surface area (Å²) in [5.41, 5.74) is 10.3. The van der Waals surface area contributed by atoms with E-state index in [1.165, 1.54) is 21.9 Å². The summed E-state index contributed by atoms with van der Waals surface area (Å²) >= 11 is 0. The monoisotopic (exact) mass is 699 g/mol. The average molecular weight is 700 g/mol. The first-order valence-corrected chi connectivity index (χ1v) is 18.8. The van der Waals surface area contributed by atoms with E-state index >= 15 is 0 Å². The van der Waals surface area contributed by atoms with Crippen molar-refractivity contribution in [2.75, 3.05) is 6.54 Å². The van der Waals surface area contributed by atoms with Crippen LogP contribution in [0.1, 0.15) is 48.4 Å². The molecule has 5 aromatic carbocycles. The van der Waals surface area contributed by atoms with Gasteiger partial charge in [0.15, 0.2) is 11.7 Å². The molecule has 6 aromatic rings. The van der Waals surface area contributed by atoms with Crippen molar-refractivity contribution in [3.63, 3.8) is 0 Å². The van der Waals surface area contributed by atoms with E-state index in [9.17, 15) is 0 Å². The zero-order valence-corrected chi connectivity index (χ0v) is 30.4. The minimum atomic E-state index is -0.522. The van der Waals surface area contributed by atoms with Crippen molar-refractivity contribution >= 4 is 51.6 Å². The third-order valence-corrected chi connectivity index (χ3v) is 10.9. The molecule has 1 aromatic heterocycles. The van der Waals surface area contributed by atoms with Crippen molar-refractivity contribution in [2.24, 2.45) is 25.9 Å².